The summed E-state index contributed by atoms with van der Waals surface area (Å²) in [5.74, 6) is 0. The van der Waals surface area contributed by atoms with Gasteiger partial charge in [-0.05, 0) is 131 Å². The minimum atomic E-state index is -0.614. The van der Waals surface area contributed by atoms with Gasteiger partial charge >= 0.3 is 0 Å². The molecule has 0 saturated carbocycles. The second kappa shape index (κ2) is 16.6. The molecule has 0 atom stereocenters. The Morgan fingerprint density at radius 2 is 0.606 bits per heavy atom. The van der Waals surface area contributed by atoms with Crippen molar-refractivity contribution in [1.82, 2.24) is 0 Å². The molecule has 1 aliphatic rings. The number of hydrogen-bond acceptors (Lipinski definition) is 1. The first kappa shape index (κ1) is 39.1. The van der Waals surface area contributed by atoms with Crippen LogP contribution in [0.2, 0.25) is 0 Å². The Bertz CT molecular complexity index is 3410. The lowest BCUT2D eigenvalue weighted by Crippen LogP contribution is -2.29. The van der Waals surface area contributed by atoms with E-state index in [1.807, 2.05) is 0 Å². The molecule has 1 heteroatoms. The molecule has 0 bridgehead atoms. The molecule has 66 heavy (non-hydrogen) atoms. The van der Waals surface area contributed by atoms with Crippen molar-refractivity contribution < 1.29 is 0 Å². The zero-order valence-corrected chi connectivity index (χ0v) is 36.4. The second-order valence-electron chi connectivity index (χ2n) is 17.2. The molecule has 1 nitrogen and oxygen atoms in total. The maximum Gasteiger partial charge on any atom is 0.0720 e. The van der Waals surface area contributed by atoms with Crippen LogP contribution in [0.15, 0.2) is 273 Å². The van der Waals surface area contributed by atoms with Crippen LogP contribution >= 0.6 is 0 Å². The fourth-order valence-electron chi connectivity index (χ4n) is 10.5. The molecule has 0 saturated heterocycles. The molecule has 0 heterocycles. The van der Waals surface area contributed by atoms with Crippen LogP contribution in [0.3, 0.4) is 0 Å². The van der Waals surface area contributed by atoms with Crippen LogP contribution in [0.4, 0.5) is 17.1 Å². The first-order chi connectivity index (χ1) is 32.7. The molecule has 0 unspecified atom stereocenters. The van der Waals surface area contributed by atoms with Gasteiger partial charge in [-0.1, -0.05) is 231 Å². The average molecular weight is 840 g/mol. The number of anilines is 3. The van der Waals surface area contributed by atoms with Crippen molar-refractivity contribution in [2.45, 2.75) is 5.41 Å². The van der Waals surface area contributed by atoms with Gasteiger partial charge in [-0.15, -0.1) is 0 Å². The standard InChI is InChI=1S/C65H45N/c1-6-18-46(19-7-1)48-30-32-49(33-31-48)51-36-40-56(41-37-51)66(55-38-34-50(35-39-55)47-20-8-2-9-21-47)57-42-43-59-62-45-61(52-22-10-3-11-23-52)58-28-16-17-29-60(58)64(62)65(63(59)44-57,53-24-12-4-13-25-53)54-26-14-5-15-27-54/h1-45H. The molecule has 11 aromatic carbocycles. The molecular formula is C65H45N. The number of rotatable bonds is 9. The fourth-order valence-corrected chi connectivity index (χ4v) is 10.5. The normalized spacial score (nSPS) is 12.4. The number of benzene rings is 11. The van der Waals surface area contributed by atoms with E-state index in [-0.39, 0.29) is 0 Å². The quantitative estimate of drug-likeness (QED) is 0.140. The van der Waals surface area contributed by atoms with E-state index in [9.17, 15) is 0 Å². The molecule has 11 aromatic rings. The predicted octanol–water partition coefficient (Wildman–Crippen LogP) is 17.3. The maximum atomic E-state index is 2.48. The topological polar surface area (TPSA) is 3.24 Å². The van der Waals surface area contributed by atoms with Crippen LogP contribution in [-0.4, -0.2) is 0 Å². The highest BCUT2D eigenvalue weighted by Crippen LogP contribution is 2.60. The zero-order valence-electron chi connectivity index (χ0n) is 36.4. The Morgan fingerprint density at radius 1 is 0.242 bits per heavy atom. The molecule has 0 N–H and O–H groups in total. The summed E-state index contributed by atoms with van der Waals surface area (Å²) < 4.78 is 0. The van der Waals surface area contributed by atoms with Crippen LogP contribution < -0.4 is 4.90 Å². The minimum Gasteiger partial charge on any atom is -0.310 e. The lowest BCUT2D eigenvalue weighted by atomic mass is 9.66. The van der Waals surface area contributed by atoms with Crippen molar-refractivity contribution in [2.75, 3.05) is 4.90 Å². The third-order valence-electron chi connectivity index (χ3n) is 13.6. The van der Waals surface area contributed by atoms with Gasteiger partial charge in [0.25, 0.3) is 0 Å². The van der Waals surface area contributed by atoms with E-state index in [4.69, 9.17) is 0 Å². The second-order valence-corrected chi connectivity index (χ2v) is 17.2. The van der Waals surface area contributed by atoms with Gasteiger partial charge in [0.15, 0.2) is 0 Å². The molecule has 0 aromatic heterocycles. The van der Waals surface area contributed by atoms with Gasteiger partial charge in [0.05, 0.1) is 5.41 Å². The summed E-state index contributed by atoms with van der Waals surface area (Å²) in [6.07, 6.45) is 0. The van der Waals surface area contributed by atoms with Gasteiger partial charge in [-0.3, -0.25) is 0 Å². The summed E-state index contributed by atoms with van der Waals surface area (Å²) in [7, 11) is 0. The molecule has 0 aliphatic heterocycles. The number of hydrogen-bond donors (Lipinski definition) is 0. The molecular weight excluding hydrogens is 795 g/mol. The van der Waals surface area contributed by atoms with Crippen LogP contribution in [-0.2, 0) is 5.41 Å². The Kier molecular flexibility index (Phi) is 9.81. The van der Waals surface area contributed by atoms with Crippen molar-refractivity contribution in [3.63, 3.8) is 0 Å². The van der Waals surface area contributed by atoms with E-state index in [1.54, 1.807) is 0 Å². The maximum absolute atomic E-state index is 2.48. The highest BCUT2D eigenvalue weighted by molar-refractivity contribution is 6.07. The van der Waals surface area contributed by atoms with E-state index in [0.717, 1.165) is 17.1 Å². The van der Waals surface area contributed by atoms with Crippen LogP contribution in [0.1, 0.15) is 22.3 Å². The monoisotopic (exact) mass is 839 g/mol. The zero-order chi connectivity index (χ0) is 43.9. The van der Waals surface area contributed by atoms with Gasteiger partial charge in [0.1, 0.15) is 0 Å². The molecule has 1 aliphatic carbocycles. The van der Waals surface area contributed by atoms with E-state index < -0.39 is 5.41 Å². The smallest absolute Gasteiger partial charge is 0.0720 e. The van der Waals surface area contributed by atoms with Crippen molar-refractivity contribution >= 4 is 27.8 Å². The molecule has 0 amide bonds. The minimum absolute atomic E-state index is 0.614. The van der Waals surface area contributed by atoms with Crippen molar-refractivity contribution in [3.05, 3.63) is 295 Å². The highest BCUT2D eigenvalue weighted by atomic mass is 15.1. The number of fused-ring (bicyclic) bond motifs is 5. The van der Waals surface area contributed by atoms with Crippen LogP contribution in [0, 0.1) is 0 Å². The summed E-state index contributed by atoms with van der Waals surface area (Å²) in [5, 5.41) is 2.52. The van der Waals surface area contributed by atoms with Crippen molar-refractivity contribution in [2.24, 2.45) is 0 Å². The van der Waals surface area contributed by atoms with Gasteiger partial charge < -0.3 is 4.90 Å². The van der Waals surface area contributed by atoms with Gasteiger partial charge in [-0.2, -0.15) is 0 Å². The van der Waals surface area contributed by atoms with E-state index in [0.29, 0.717) is 0 Å². The molecule has 0 radical (unpaired) electrons. The Labute approximate surface area is 387 Å². The molecule has 0 fully saturated rings. The first-order valence-electron chi connectivity index (χ1n) is 22.8. The fraction of sp³-hybridized carbons (Fsp3) is 0.0154. The van der Waals surface area contributed by atoms with Crippen molar-refractivity contribution in [3.8, 4) is 55.6 Å². The first-order valence-corrected chi connectivity index (χ1v) is 22.8. The van der Waals surface area contributed by atoms with Crippen molar-refractivity contribution in [1.29, 1.82) is 0 Å². The third-order valence-corrected chi connectivity index (χ3v) is 13.6. The van der Waals surface area contributed by atoms with E-state index >= 15 is 0 Å². The number of nitrogens with zero attached hydrogens (tertiary/aromatic N) is 1. The summed E-state index contributed by atoms with van der Waals surface area (Å²) in [4.78, 5) is 2.43. The Morgan fingerprint density at radius 3 is 1.08 bits per heavy atom. The van der Waals surface area contributed by atoms with Gasteiger partial charge in [0.2, 0.25) is 0 Å². The van der Waals surface area contributed by atoms with E-state index in [2.05, 4.69) is 278 Å². The van der Waals surface area contributed by atoms with Crippen LogP contribution in [0.5, 0.6) is 0 Å². The summed E-state index contributed by atoms with van der Waals surface area (Å²) >= 11 is 0. The summed E-state index contributed by atoms with van der Waals surface area (Å²) in [5.41, 5.74) is 19.9. The molecule has 12 rings (SSSR count). The highest BCUT2D eigenvalue weighted by Gasteiger charge is 2.48. The Balaban J connectivity index is 1.07. The van der Waals surface area contributed by atoms with Gasteiger partial charge in [-0.25, -0.2) is 0 Å². The molecule has 0 spiro atoms. The summed E-state index contributed by atoms with van der Waals surface area (Å²) in [6, 6.07) is 100. The third kappa shape index (κ3) is 6.64. The average Bonchev–Trinajstić information content (AvgIpc) is 3.71. The Hall–Kier alpha value is -8.52. The largest absolute Gasteiger partial charge is 0.310 e. The van der Waals surface area contributed by atoms with Gasteiger partial charge in [0, 0.05) is 17.1 Å². The molecule has 310 valence electrons. The SMILES string of the molecule is c1ccc(-c2ccc(-c3ccc(N(c4ccc(-c5ccccc5)cc4)c4ccc5c(c4)C(c4ccccc4)(c4ccccc4)c4c-5cc(-c5ccccc5)c5ccccc45)cc3)cc2)cc1. The van der Waals surface area contributed by atoms with Crippen LogP contribution in [0.25, 0.3) is 66.4 Å². The summed E-state index contributed by atoms with van der Waals surface area (Å²) in [6.45, 7) is 0. The lowest BCUT2D eigenvalue weighted by Gasteiger charge is -2.35. The predicted molar refractivity (Wildman–Crippen MR) is 278 cm³/mol. The van der Waals surface area contributed by atoms with E-state index in [1.165, 1.54) is 88.7 Å². The lowest BCUT2D eigenvalue weighted by molar-refractivity contribution is 0.775.